The SMILES string of the molecule is CC1(C)C(O)CC1Nc1ccccc1C#N. The van der Waals surface area contributed by atoms with Gasteiger partial charge in [-0.15, -0.1) is 0 Å². The van der Waals surface area contributed by atoms with Gasteiger partial charge in [0.15, 0.2) is 0 Å². The molecule has 0 amide bonds. The topological polar surface area (TPSA) is 56.0 Å². The van der Waals surface area contributed by atoms with Gasteiger partial charge in [-0.05, 0) is 18.6 Å². The molecule has 3 heteroatoms. The average molecular weight is 216 g/mol. The number of benzene rings is 1. The highest BCUT2D eigenvalue weighted by Crippen LogP contribution is 2.42. The Morgan fingerprint density at radius 2 is 2.12 bits per heavy atom. The van der Waals surface area contributed by atoms with Gasteiger partial charge in [-0.2, -0.15) is 5.26 Å². The van der Waals surface area contributed by atoms with E-state index in [1.807, 2.05) is 32.0 Å². The molecule has 0 aliphatic heterocycles. The molecule has 0 spiro atoms. The van der Waals surface area contributed by atoms with Gasteiger partial charge >= 0.3 is 0 Å². The number of aliphatic hydroxyl groups is 1. The third-order valence-corrected chi connectivity index (χ3v) is 3.59. The Kier molecular flexibility index (Phi) is 2.61. The van der Waals surface area contributed by atoms with Crippen LogP contribution >= 0.6 is 0 Å². The minimum absolute atomic E-state index is 0.122. The van der Waals surface area contributed by atoms with Crippen LogP contribution in [0, 0.1) is 16.7 Å². The first-order chi connectivity index (χ1) is 7.55. The Labute approximate surface area is 95.7 Å². The van der Waals surface area contributed by atoms with Gasteiger partial charge in [-0.1, -0.05) is 26.0 Å². The number of nitrogens with one attached hydrogen (secondary N) is 1. The van der Waals surface area contributed by atoms with Crippen molar-refractivity contribution in [3.63, 3.8) is 0 Å². The summed E-state index contributed by atoms with van der Waals surface area (Å²) in [6.45, 7) is 4.07. The maximum atomic E-state index is 9.65. The van der Waals surface area contributed by atoms with Crippen LogP contribution in [0.25, 0.3) is 0 Å². The summed E-state index contributed by atoms with van der Waals surface area (Å²) in [5.41, 5.74) is 1.39. The normalized spacial score (nSPS) is 26.6. The molecule has 0 saturated heterocycles. The van der Waals surface area contributed by atoms with E-state index < -0.39 is 0 Å². The first-order valence-electron chi connectivity index (χ1n) is 5.49. The molecule has 0 bridgehead atoms. The molecule has 3 nitrogen and oxygen atoms in total. The van der Waals surface area contributed by atoms with E-state index in [9.17, 15) is 5.11 Å². The molecule has 2 unspecified atom stereocenters. The van der Waals surface area contributed by atoms with Gasteiger partial charge in [-0.3, -0.25) is 0 Å². The third-order valence-electron chi connectivity index (χ3n) is 3.59. The highest BCUT2D eigenvalue weighted by molar-refractivity contribution is 5.58. The average Bonchev–Trinajstić information content (AvgIpc) is 2.29. The van der Waals surface area contributed by atoms with Crippen molar-refractivity contribution in [1.82, 2.24) is 0 Å². The quantitative estimate of drug-likeness (QED) is 0.796. The summed E-state index contributed by atoms with van der Waals surface area (Å²) in [6, 6.07) is 9.85. The van der Waals surface area contributed by atoms with E-state index in [0.717, 1.165) is 12.1 Å². The van der Waals surface area contributed by atoms with Crippen molar-refractivity contribution in [1.29, 1.82) is 5.26 Å². The fraction of sp³-hybridized carbons (Fsp3) is 0.462. The molecule has 1 aromatic carbocycles. The maximum absolute atomic E-state index is 9.65. The molecular weight excluding hydrogens is 200 g/mol. The van der Waals surface area contributed by atoms with E-state index in [-0.39, 0.29) is 17.6 Å². The lowest BCUT2D eigenvalue weighted by Crippen LogP contribution is -2.56. The second-order valence-electron chi connectivity index (χ2n) is 4.93. The number of hydrogen-bond donors (Lipinski definition) is 2. The predicted molar refractivity (Wildman–Crippen MR) is 63.0 cm³/mol. The summed E-state index contributed by atoms with van der Waals surface area (Å²) in [6.07, 6.45) is 0.492. The first kappa shape index (κ1) is 11.0. The summed E-state index contributed by atoms with van der Waals surface area (Å²) in [5, 5.41) is 21.9. The predicted octanol–water partition coefficient (Wildman–Crippen LogP) is 2.13. The molecule has 0 heterocycles. The van der Waals surface area contributed by atoms with Crippen LogP contribution in [-0.2, 0) is 0 Å². The lowest BCUT2D eigenvalue weighted by molar-refractivity contribution is -0.0510. The number of nitrogens with zero attached hydrogens (tertiary/aromatic N) is 1. The molecule has 16 heavy (non-hydrogen) atoms. The van der Waals surface area contributed by atoms with Crippen molar-refractivity contribution in [2.24, 2.45) is 5.41 Å². The number of rotatable bonds is 2. The largest absolute Gasteiger partial charge is 0.392 e. The van der Waals surface area contributed by atoms with Gasteiger partial charge in [0.05, 0.1) is 17.4 Å². The molecule has 84 valence electrons. The molecule has 1 aliphatic carbocycles. The molecular formula is C13H16N2O. The Morgan fingerprint density at radius 3 is 2.69 bits per heavy atom. The van der Waals surface area contributed by atoms with E-state index >= 15 is 0 Å². The molecule has 0 aromatic heterocycles. The molecule has 0 radical (unpaired) electrons. The van der Waals surface area contributed by atoms with Crippen LogP contribution in [-0.4, -0.2) is 17.3 Å². The maximum Gasteiger partial charge on any atom is 0.101 e. The Balaban J connectivity index is 2.14. The van der Waals surface area contributed by atoms with Crippen LogP contribution in [0.2, 0.25) is 0 Å². The fourth-order valence-corrected chi connectivity index (χ4v) is 2.04. The zero-order chi connectivity index (χ0) is 11.8. The van der Waals surface area contributed by atoms with E-state index in [1.54, 1.807) is 6.07 Å². The van der Waals surface area contributed by atoms with Crippen molar-refractivity contribution in [3.8, 4) is 6.07 Å². The standard InChI is InChI=1S/C13H16N2O/c1-13(2)11(7-12(13)16)15-10-6-4-3-5-9(10)8-14/h3-6,11-12,15-16H,7H2,1-2H3. The highest BCUT2D eigenvalue weighted by Gasteiger charge is 2.47. The van der Waals surface area contributed by atoms with Crippen LogP contribution in [0.4, 0.5) is 5.69 Å². The zero-order valence-corrected chi connectivity index (χ0v) is 9.57. The summed E-state index contributed by atoms with van der Waals surface area (Å²) >= 11 is 0. The molecule has 1 fully saturated rings. The van der Waals surface area contributed by atoms with Crippen LogP contribution in [0.1, 0.15) is 25.8 Å². The van der Waals surface area contributed by atoms with Crippen molar-refractivity contribution in [2.75, 3.05) is 5.32 Å². The number of anilines is 1. The molecule has 2 rings (SSSR count). The number of para-hydroxylation sites is 1. The van der Waals surface area contributed by atoms with E-state index in [4.69, 9.17) is 5.26 Å². The van der Waals surface area contributed by atoms with Crippen LogP contribution in [0.5, 0.6) is 0 Å². The first-order valence-corrected chi connectivity index (χ1v) is 5.49. The summed E-state index contributed by atoms with van der Waals surface area (Å²) in [4.78, 5) is 0. The van der Waals surface area contributed by atoms with Crippen molar-refractivity contribution >= 4 is 5.69 Å². The minimum atomic E-state index is -0.251. The highest BCUT2D eigenvalue weighted by atomic mass is 16.3. The van der Waals surface area contributed by atoms with E-state index in [0.29, 0.717) is 5.56 Å². The van der Waals surface area contributed by atoms with Crippen LogP contribution in [0.3, 0.4) is 0 Å². The van der Waals surface area contributed by atoms with Gasteiger partial charge in [-0.25, -0.2) is 0 Å². The second kappa shape index (κ2) is 3.80. The molecule has 1 aliphatic rings. The van der Waals surface area contributed by atoms with Gasteiger partial charge in [0.2, 0.25) is 0 Å². The van der Waals surface area contributed by atoms with Crippen molar-refractivity contribution in [3.05, 3.63) is 29.8 Å². The van der Waals surface area contributed by atoms with E-state index in [1.165, 1.54) is 0 Å². The lowest BCUT2D eigenvalue weighted by Gasteiger charge is -2.49. The van der Waals surface area contributed by atoms with Crippen molar-refractivity contribution in [2.45, 2.75) is 32.4 Å². The van der Waals surface area contributed by atoms with Gasteiger partial charge in [0, 0.05) is 11.5 Å². The fourth-order valence-electron chi connectivity index (χ4n) is 2.04. The van der Waals surface area contributed by atoms with Crippen LogP contribution in [0.15, 0.2) is 24.3 Å². The summed E-state index contributed by atoms with van der Waals surface area (Å²) < 4.78 is 0. The lowest BCUT2D eigenvalue weighted by atomic mass is 9.64. The molecule has 1 saturated carbocycles. The molecule has 1 aromatic rings. The summed E-state index contributed by atoms with van der Waals surface area (Å²) in [5.74, 6) is 0. The molecule has 2 N–H and O–H groups in total. The van der Waals surface area contributed by atoms with Gasteiger partial charge in [0.25, 0.3) is 0 Å². The second-order valence-corrected chi connectivity index (χ2v) is 4.93. The number of aliphatic hydroxyl groups excluding tert-OH is 1. The van der Waals surface area contributed by atoms with Crippen molar-refractivity contribution < 1.29 is 5.11 Å². The Hall–Kier alpha value is -1.53. The Bertz CT molecular complexity index is 434. The molecule has 2 atom stereocenters. The monoisotopic (exact) mass is 216 g/mol. The number of hydrogen-bond acceptors (Lipinski definition) is 3. The Morgan fingerprint density at radius 1 is 1.44 bits per heavy atom. The third kappa shape index (κ3) is 1.66. The summed E-state index contributed by atoms with van der Waals surface area (Å²) in [7, 11) is 0. The zero-order valence-electron chi connectivity index (χ0n) is 9.57. The minimum Gasteiger partial charge on any atom is -0.392 e. The van der Waals surface area contributed by atoms with Gasteiger partial charge in [0.1, 0.15) is 6.07 Å². The smallest absolute Gasteiger partial charge is 0.101 e. The number of nitriles is 1. The van der Waals surface area contributed by atoms with E-state index in [2.05, 4.69) is 11.4 Å². The van der Waals surface area contributed by atoms with Crippen LogP contribution < -0.4 is 5.32 Å². The van der Waals surface area contributed by atoms with Gasteiger partial charge < -0.3 is 10.4 Å².